The van der Waals surface area contributed by atoms with E-state index in [2.05, 4.69) is 39.0 Å². The molecular weight excluding hydrogens is 377 g/mol. The second kappa shape index (κ2) is 8.32. The van der Waals surface area contributed by atoms with E-state index in [1.807, 2.05) is 0 Å². The van der Waals surface area contributed by atoms with Gasteiger partial charge in [0.05, 0.1) is 0 Å². The Balaban J connectivity index is 1.13. The van der Waals surface area contributed by atoms with Crippen LogP contribution < -0.4 is 0 Å². The van der Waals surface area contributed by atoms with Crippen molar-refractivity contribution < 1.29 is 9.18 Å². The first-order valence-electron chi connectivity index (χ1n) is 11.0. The van der Waals surface area contributed by atoms with Gasteiger partial charge in [-0.2, -0.15) is 0 Å². The van der Waals surface area contributed by atoms with E-state index in [9.17, 15) is 9.18 Å². The van der Waals surface area contributed by atoms with Crippen LogP contribution in [0.3, 0.4) is 0 Å². The third-order valence-corrected chi connectivity index (χ3v) is 6.69. The zero-order chi connectivity index (χ0) is 20.5. The molecule has 0 amide bonds. The number of ketones is 1. The minimum atomic E-state index is -0.298. The van der Waals surface area contributed by atoms with E-state index in [-0.39, 0.29) is 11.6 Å². The van der Waals surface area contributed by atoms with E-state index in [4.69, 9.17) is 0 Å². The highest BCUT2D eigenvalue weighted by atomic mass is 19.1. The Morgan fingerprint density at radius 2 is 1.90 bits per heavy atom. The lowest BCUT2D eigenvalue weighted by Gasteiger charge is -2.44. The quantitative estimate of drug-likeness (QED) is 0.488. The van der Waals surface area contributed by atoms with Crippen molar-refractivity contribution in [2.75, 3.05) is 26.2 Å². The zero-order valence-electron chi connectivity index (χ0n) is 17.2. The zero-order valence-corrected chi connectivity index (χ0v) is 17.2. The van der Waals surface area contributed by atoms with Gasteiger partial charge in [0.15, 0.2) is 5.78 Å². The van der Waals surface area contributed by atoms with E-state index < -0.39 is 0 Å². The number of carbonyl (C=O) groups is 1. The van der Waals surface area contributed by atoms with Crippen molar-refractivity contribution in [3.05, 3.63) is 71.2 Å². The third kappa shape index (κ3) is 3.92. The molecule has 2 aromatic carbocycles. The number of benzene rings is 2. The molecule has 3 heterocycles. The van der Waals surface area contributed by atoms with Crippen molar-refractivity contribution >= 4 is 16.7 Å². The number of rotatable bonds is 6. The molecule has 0 bridgehead atoms. The minimum Gasteiger partial charge on any atom is -0.357 e. The number of unbranched alkanes of at least 4 members (excludes halogenated alkanes) is 1. The van der Waals surface area contributed by atoms with E-state index in [0.29, 0.717) is 18.0 Å². The summed E-state index contributed by atoms with van der Waals surface area (Å²) in [4.78, 5) is 21.0. The first kappa shape index (κ1) is 19.5. The summed E-state index contributed by atoms with van der Waals surface area (Å²) >= 11 is 0. The van der Waals surface area contributed by atoms with Gasteiger partial charge < -0.3 is 9.88 Å². The Morgan fingerprint density at radius 1 is 1.07 bits per heavy atom. The average Bonchev–Trinajstić information content (AvgIpc) is 3.13. The van der Waals surface area contributed by atoms with Gasteiger partial charge in [-0.3, -0.25) is 9.69 Å². The van der Waals surface area contributed by atoms with Gasteiger partial charge in [0.25, 0.3) is 0 Å². The van der Waals surface area contributed by atoms with Crippen LogP contribution in [0.2, 0.25) is 0 Å². The Kier molecular flexibility index (Phi) is 5.40. The fourth-order valence-corrected chi connectivity index (χ4v) is 5.03. The van der Waals surface area contributed by atoms with Gasteiger partial charge in [0.2, 0.25) is 0 Å². The molecule has 0 spiro atoms. The predicted molar refractivity (Wildman–Crippen MR) is 117 cm³/mol. The van der Waals surface area contributed by atoms with Crippen molar-refractivity contribution in [3.63, 3.8) is 0 Å². The van der Waals surface area contributed by atoms with Crippen molar-refractivity contribution in [1.29, 1.82) is 0 Å². The van der Waals surface area contributed by atoms with Gasteiger partial charge in [-0.15, -0.1) is 0 Å². The molecule has 4 nitrogen and oxygen atoms in total. The standard InChI is InChI=1S/C25H28FN3O/c26-19-10-8-18(9-11-19)25(30)7-3-4-12-28-13-14-29-17-24-22(15-20(29)16-28)21-5-1-2-6-23(21)27-24/h1-2,5-6,8-11,20,27H,3-4,7,12-17H2. The number of nitrogens with one attached hydrogen (secondary N) is 1. The molecule has 0 saturated carbocycles. The fraction of sp³-hybridized carbons (Fsp3) is 0.400. The van der Waals surface area contributed by atoms with Crippen molar-refractivity contribution in [2.24, 2.45) is 0 Å². The van der Waals surface area contributed by atoms with Crippen LogP contribution in [-0.4, -0.2) is 52.8 Å². The number of halogens is 1. The Hall–Kier alpha value is -2.50. The molecule has 5 heteroatoms. The van der Waals surface area contributed by atoms with Crippen molar-refractivity contribution in [2.45, 2.75) is 38.3 Å². The predicted octanol–water partition coefficient (Wildman–Crippen LogP) is 4.40. The molecular formula is C25H28FN3O. The molecule has 1 saturated heterocycles. The maximum absolute atomic E-state index is 13.0. The molecule has 3 aromatic rings. The van der Waals surface area contributed by atoms with E-state index in [1.54, 1.807) is 12.1 Å². The van der Waals surface area contributed by atoms with Crippen LogP contribution >= 0.6 is 0 Å². The molecule has 5 rings (SSSR count). The molecule has 1 atom stereocenters. The second-order valence-electron chi connectivity index (χ2n) is 8.64. The molecule has 1 aromatic heterocycles. The van der Waals surface area contributed by atoms with E-state index in [1.165, 1.54) is 34.3 Å². The number of piperazine rings is 1. The normalized spacial score (nSPS) is 19.6. The molecule has 2 aliphatic heterocycles. The topological polar surface area (TPSA) is 39.3 Å². The smallest absolute Gasteiger partial charge is 0.162 e. The maximum Gasteiger partial charge on any atom is 0.162 e. The summed E-state index contributed by atoms with van der Waals surface area (Å²) in [5.74, 6) is -0.188. The van der Waals surface area contributed by atoms with E-state index in [0.717, 1.165) is 52.0 Å². The summed E-state index contributed by atoms with van der Waals surface area (Å²) in [7, 11) is 0. The number of H-pyrrole nitrogens is 1. The van der Waals surface area contributed by atoms with Gasteiger partial charge in [0, 0.05) is 60.8 Å². The largest absolute Gasteiger partial charge is 0.357 e. The van der Waals surface area contributed by atoms with Gasteiger partial charge in [-0.25, -0.2) is 4.39 Å². The lowest BCUT2D eigenvalue weighted by Crippen LogP contribution is -2.55. The van der Waals surface area contributed by atoms with Crippen LogP contribution in [0.4, 0.5) is 4.39 Å². The number of aromatic nitrogens is 1. The van der Waals surface area contributed by atoms with Crippen LogP contribution in [0, 0.1) is 5.82 Å². The number of aromatic amines is 1. The summed E-state index contributed by atoms with van der Waals surface area (Å²) in [5.41, 5.74) is 4.76. The van der Waals surface area contributed by atoms with Gasteiger partial charge >= 0.3 is 0 Å². The van der Waals surface area contributed by atoms with Crippen LogP contribution in [0.5, 0.6) is 0 Å². The highest BCUT2D eigenvalue weighted by Crippen LogP contribution is 2.31. The third-order valence-electron chi connectivity index (χ3n) is 6.69. The Bertz CT molecular complexity index is 1040. The van der Waals surface area contributed by atoms with Crippen LogP contribution in [0.25, 0.3) is 10.9 Å². The first-order chi connectivity index (χ1) is 14.7. The van der Waals surface area contributed by atoms with Gasteiger partial charge in [0.1, 0.15) is 5.82 Å². The number of nitrogens with zero attached hydrogens (tertiary/aromatic N) is 2. The number of para-hydroxylation sites is 1. The molecule has 1 unspecified atom stereocenters. The highest BCUT2D eigenvalue weighted by molar-refractivity contribution is 5.95. The lowest BCUT2D eigenvalue weighted by molar-refractivity contribution is 0.0590. The monoisotopic (exact) mass is 405 g/mol. The summed E-state index contributed by atoms with van der Waals surface area (Å²) in [5, 5.41) is 1.38. The molecule has 156 valence electrons. The minimum absolute atomic E-state index is 0.110. The molecule has 0 aliphatic carbocycles. The molecule has 2 aliphatic rings. The second-order valence-corrected chi connectivity index (χ2v) is 8.64. The molecule has 1 N–H and O–H groups in total. The molecule has 1 fully saturated rings. The maximum atomic E-state index is 13.0. The summed E-state index contributed by atoms with van der Waals surface area (Å²) in [6.07, 6.45) is 3.55. The van der Waals surface area contributed by atoms with E-state index >= 15 is 0 Å². The molecule has 0 radical (unpaired) electrons. The number of hydrogen-bond acceptors (Lipinski definition) is 3. The lowest BCUT2D eigenvalue weighted by atomic mass is 9.94. The highest BCUT2D eigenvalue weighted by Gasteiger charge is 2.32. The van der Waals surface area contributed by atoms with Crippen molar-refractivity contribution in [1.82, 2.24) is 14.8 Å². The van der Waals surface area contributed by atoms with Gasteiger partial charge in [-0.05, 0) is 61.7 Å². The van der Waals surface area contributed by atoms with Crippen molar-refractivity contribution in [3.8, 4) is 0 Å². The molecule has 30 heavy (non-hydrogen) atoms. The van der Waals surface area contributed by atoms with Crippen LogP contribution in [-0.2, 0) is 13.0 Å². The number of Topliss-reactive ketones (excluding diaryl/α,β-unsaturated/α-hetero) is 1. The summed E-state index contributed by atoms with van der Waals surface area (Å²) in [6.45, 7) is 5.37. The fourth-order valence-electron chi connectivity index (χ4n) is 5.03. The van der Waals surface area contributed by atoms with Crippen LogP contribution in [0.15, 0.2) is 48.5 Å². The first-order valence-corrected chi connectivity index (χ1v) is 11.0. The summed E-state index contributed by atoms with van der Waals surface area (Å²) in [6, 6.07) is 15.1. The Morgan fingerprint density at radius 3 is 2.77 bits per heavy atom. The number of fused-ring (bicyclic) bond motifs is 4. The Labute approximate surface area is 176 Å². The number of carbonyl (C=O) groups excluding carboxylic acids is 1. The number of hydrogen-bond donors (Lipinski definition) is 1. The SMILES string of the molecule is O=C(CCCCN1CCN2Cc3[nH]c4ccccc4c3CC2C1)c1ccc(F)cc1. The van der Waals surface area contributed by atoms with Gasteiger partial charge in [-0.1, -0.05) is 18.2 Å². The summed E-state index contributed by atoms with van der Waals surface area (Å²) < 4.78 is 13.0. The average molecular weight is 406 g/mol. The van der Waals surface area contributed by atoms with Crippen LogP contribution in [0.1, 0.15) is 40.9 Å².